The van der Waals surface area contributed by atoms with E-state index in [2.05, 4.69) is 25.6 Å². The van der Waals surface area contributed by atoms with Crippen LogP contribution in [0.4, 0.5) is 19.0 Å². The van der Waals surface area contributed by atoms with Crippen molar-refractivity contribution in [1.82, 2.24) is 24.8 Å². The molecule has 2 aromatic heterocycles. The van der Waals surface area contributed by atoms with E-state index in [1.807, 2.05) is 18.2 Å². The van der Waals surface area contributed by atoms with Gasteiger partial charge < -0.3 is 25.6 Å². The average Bonchev–Trinajstić information content (AvgIpc) is 3.45. The fourth-order valence-electron chi connectivity index (χ4n) is 4.29. The monoisotopic (exact) mass is 548 g/mol. The number of alkyl halides is 3. The minimum Gasteiger partial charge on any atom is -0.387 e. The molecule has 1 aliphatic heterocycles. The number of nitrogens with zero attached hydrogens (tertiary/aromatic N) is 4. The van der Waals surface area contributed by atoms with Gasteiger partial charge in [-0.3, -0.25) is 4.57 Å². The maximum Gasteiger partial charge on any atom is 0.416 e. The van der Waals surface area contributed by atoms with Gasteiger partial charge in [-0.1, -0.05) is 41.9 Å². The van der Waals surface area contributed by atoms with Gasteiger partial charge in [-0.25, -0.2) is 15.0 Å². The Hall–Kier alpha value is -3.29. The summed E-state index contributed by atoms with van der Waals surface area (Å²) in [6.07, 6.45) is -5.79. The van der Waals surface area contributed by atoms with E-state index in [0.29, 0.717) is 34.1 Å². The number of halogens is 4. The Kier molecular flexibility index (Phi) is 7.50. The zero-order valence-corrected chi connectivity index (χ0v) is 20.6. The molecule has 1 saturated heterocycles. The molecule has 4 N–H and O–H groups in total. The van der Waals surface area contributed by atoms with Crippen LogP contribution in [0.1, 0.15) is 22.9 Å². The highest BCUT2D eigenvalue weighted by Gasteiger charge is 2.44. The summed E-state index contributed by atoms with van der Waals surface area (Å²) in [7, 11) is 0. The van der Waals surface area contributed by atoms with Gasteiger partial charge in [-0.15, -0.1) is 0 Å². The predicted octanol–water partition coefficient (Wildman–Crippen LogP) is 3.52. The van der Waals surface area contributed by atoms with Crippen LogP contribution in [0.15, 0.2) is 61.2 Å². The van der Waals surface area contributed by atoms with Crippen LogP contribution in [-0.2, 0) is 24.0 Å². The minimum atomic E-state index is -4.40. The lowest BCUT2D eigenvalue weighted by atomic mass is 10.1. The summed E-state index contributed by atoms with van der Waals surface area (Å²) < 4.78 is 45.7. The van der Waals surface area contributed by atoms with Gasteiger partial charge in [-0.05, 0) is 29.3 Å². The topological polar surface area (TPSA) is 117 Å². The molecule has 2 aromatic carbocycles. The van der Waals surface area contributed by atoms with E-state index in [0.717, 1.165) is 17.7 Å². The zero-order valence-electron chi connectivity index (χ0n) is 19.8. The Labute approximate surface area is 220 Å². The first kappa shape index (κ1) is 26.3. The number of fused-ring (bicyclic) bond motifs is 1. The summed E-state index contributed by atoms with van der Waals surface area (Å²) in [5.74, 6) is 0.469. The van der Waals surface area contributed by atoms with Crippen molar-refractivity contribution in [2.45, 2.75) is 43.8 Å². The average molecular weight is 549 g/mol. The quantitative estimate of drug-likeness (QED) is 0.264. The summed E-state index contributed by atoms with van der Waals surface area (Å²) in [6, 6.07) is 12.2. The molecule has 0 radical (unpaired) electrons. The molecule has 9 nitrogen and oxygen atoms in total. The van der Waals surface area contributed by atoms with Crippen molar-refractivity contribution in [3.63, 3.8) is 0 Å². The van der Waals surface area contributed by atoms with Gasteiger partial charge in [-0.2, -0.15) is 13.2 Å². The molecule has 1 aliphatic rings. The molecule has 3 heterocycles. The third kappa shape index (κ3) is 5.45. The second-order valence-corrected chi connectivity index (χ2v) is 9.27. The molecule has 4 atom stereocenters. The number of anilines is 1. The number of imidazole rings is 1. The Balaban J connectivity index is 1.24. The summed E-state index contributed by atoms with van der Waals surface area (Å²) in [6.45, 7) is 0.821. The molecule has 200 valence electrons. The largest absolute Gasteiger partial charge is 0.416 e. The van der Waals surface area contributed by atoms with Crippen LogP contribution in [-0.4, -0.2) is 54.6 Å². The lowest BCUT2D eigenvalue weighted by Gasteiger charge is -2.17. The number of hydrogen-bond donors (Lipinski definition) is 4. The van der Waals surface area contributed by atoms with Crippen LogP contribution < -0.4 is 10.6 Å². The predicted molar refractivity (Wildman–Crippen MR) is 133 cm³/mol. The van der Waals surface area contributed by atoms with Crippen molar-refractivity contribution in [1.29, 1.82) is 0 Å². The van der Waals surface area contributed by atoms with Crippen molar-refractivity contribution in [3.05, 3.63) is 82.9 Å². The molecule has 0 amide bonds. The number of ether oxygens (including phenoxy) is 1. The Morgan fingerprint density at radius 2 is 1.74 bits per heavy atom. The van der Waals surface area contributed by atoms with Gasteiger partial charge in [0.1, 0.15) is 24.6 Å². The van der Waals surface area contributed by atoms with E-state index in [9.17, 15) is 23.4 Å². The van der Waals surface area contributed by atoms with E-state index < -0.39 is 36.3 Å². The van der Waals surface area contributed by atoms with Crippen LogP contribution in [0.25, 0.3) is 11.2 Å². The highest BCUT2D eigenvalue weighted by molar-refractivity contribution is 6.31. The molecular weight excluding hydrogens is 525 g/mol. The van der Waals surface area contributed by atoms with Crippen molar-refractivity contribution in [2.75, 3.05) is 11.9 Å². The van der Waals surface area contributed by atoms with Crippen LogP contribution in [0, 0.1) is 0 Å². The molecule has 0 unspecified atom stereocenters. The maximum absolute atomic E-state index is 12.7. The molecule has 4 aromatic rings. The number of hydrogen-bond acceptors (Lipinski definition) is 8. The van der Waals surface area contributed by atoms with E-state index >= 15 is 0 Å². The fraction of sp³-hybridized carbons (Fsp3) is 0.320. The molecule has 0 aliphatic carbocycles. The first-order valence-electron chi connectivity index (χ1n) is 11.8. The lowest BCUT2D eigenvalue weighted by Crippen LogP contribution is -2.37. The van der Waals surface area contributed by atoms with Gasteiger partial charge in [0.2, 0.25) is 0 Å². The van der Waals surface area contributed by atoms with Crippen LogP contribution in [0.3, 0.4) is 0 Å². The molecule has 13 heteroatoms. The number of benzene rings is 2. The fourth-order valence-corrected chi connectivity index (χ4v) is 4.49. The number of aliphatic hydroxyl groups is 2. The summed E-state index contributed by atoms with van der Waals surface area (Å²) in [5.41, 5.74) is 1.65. The van der Waals surface area contributed by atoms with Crippen LogP contribution in [0.5, 0.6) is 0 Å². The van der Waals surface area contributed by atoms with Crippen molar-refractivity contribution >= 4 is 28.6 Å². The van der Waals surface area contributed by atoms with E-state index in [4.69, 9.17) is 16.3 Å². The van der Waals surface area contributed by atoms with Gasteiger partial charge in [0.25, 0.3) is 0 Å². The second-order valence-electron chi connectivity index (χ2n) is 8.86. The van der Waals surface area contributed by atoms with Gasteiger partial charge in [0.15, 0.2) is 23.2 Å². The third-order valence-corrected chi connectivity index (χ3v) is 6.70. The van der Waals surface area contributed by atoms with Crippen molar-refractivity contribution < 1.29 is 28.1 Å². The summed E-state index contributed by atoms with van der Waals surface area (Å²) in [5, 5.41) is 28.1. The second kappa shape index (κ2) is 10.8. The molecule has 0 bridgehead atoms. The molecular formula is C25H24ClF3N6O3. The molecule has 5 rings (SSSR count). The van der Waals surface area contributed by atoms with E-state index in [1.165, 1.54) is 29.4 Å². The number of nitrogens with one attached hydrogen (secondary N) is 2. The van der Waals surface area contributed by atoms with Gasteiger partial charge in [0.05, 0.1) is 11.9 Å². The van der Waals surface area contributed by atoms with E-state index in [-0.39, 0.29) is 13.1 Å². The normalized spacial score (nSPS) is 21.7. The zero-order chi connectivity index (χ0) is 26.9. The molecule has 1 fully saturated rings. The number of rotatable bonds is 8. The Morgan fingerprint density at radius 1 is 0.974 bits per heavy atom. The molecule has 0 saturated carbocycles. The number of aliphatic hydroxyl groups excluding tert-OH is 2. The first-order valence-corrected chi connectivity index (χ1v) is 12.1. The van der Waals surface area contributed by atoms with Crippen molar-refractivity contribution in [3.8, 4) is 0 Å². The lowest BCUT2D eigenvalue weighted by molar-refractivity contribution is -0.137. The van der Waals surface area contributed by atoms with Gasteiger partial charge in [0, 0.05) is 24.7 Å². The highest BCUT2D eigenvalue weighted by atomic mass is 35.5. The first-order chi connectivity index (χ1) is 18.2. The molecule has 0 spiro atoms. The van der Waals surface area contributed by atoms with Crippen molar-refractivity contribution in [2.24, 2.45) is 0 Å². The summed E-state index contributed by atoms with van der Waals surface area (Å²) in [4.78, 5) is 12.9. The van der Waals surface area contributed by atoms with Gasteiger partial charge >= 0.3 is 6.18 Å². The standard InChI is InChI=1S/C25H24ClF3N6O3/c26-17-4-2-1-3-15(17)10-31-22-19-23(33-12-32-22)35(13-34-19)24-21(37)20(36)18(38-24)11-30-9-14-5-7-16(8-6-14)25(27,28)29/h1-8,12-13,18,20-21,24,30,36-37H,9-11H2,(H,31,32,33)/t18-,20-,21-,24-/m1/s1. The third-order valence-electron chi connectivity index (χ3n) is 6.33. The SMILES string of the molecule is O[C@@H]1[C@H](O)[C@@H](CNCc2ccc(C(F)(F)F)cc2)O[C@H]1n1cnc2c(NCc3ccccc3Cl)ncnc21. The minimum absolute atomic E-state index is 0.155. The smallest absolute Gasteiger partial charge is 0.387 e. The van der Waals surface area contributed by atoms with Crippen LogP contribution >= 0.6 is 11.6 Å². The van der Waals surface area contributed by atoms with Crippen LogP contribution in [0.2, 0.25) is 5.02 Å². The highest BCUT2D eigenvalue weighted by Crippen LogP contribution is 2.32. The number of aromatic nitrogens is 4. The summed E-state index contributed by atoms with van der Waals surface area (Å²) >= 11 is 6.23. The Bertz CT molecular complexity index is 1400. The Morgan fingerprint density at radius 3 is 2.47 bits per heavy atom. The maximum atomic E-state index is 12.7. The van der Waals surface area contributed by atoms with E-state index in [1.54, 1.807) is 6.07 Å². The molecule has 38 heavy (non-hydrogen) atoms.